The first-order valence-corrected chi connectivity index (χ1v) is 16.4. The van der Waals surface area contributed by atoms with Gasteiger partial charge >= 0.3 is 216 Å². The fourth-order valence-electron chi connectivity index (χ4n) is 5.10. The first-order valence-electron chi connectivity index (χ1n) is 12.7. The van der Waals surface area contributed by atoms with Gasteiger partial charge in [0.1, 0.15) is 0 Å². The van der Waals surface area contributed by atoms with E-state index in [1.165, 1.54) is 22.3 Å². The molecule has 0 saturated heterocycles. The maximum absolute atomic E-state index is 2.61. The monoisotopic (exact) mass is 596 g/mol. The molecule has 2 aliphatic rings. The van der Waals surface area contributed by atoms with Crippen LogP contribution in [0.4, 0.5) is 0 Å². The average molecular weight is 599 g/mol. The van der Waals surface area contributed by atoms with Gasteiger partial charge in [-0.15, -0.1) is 0 Å². The van der Waals surface area contributed by atoms with Crippen molar-refractivity contribution in [2.24, 2.45) is 16.7 Å². The van der Waals surface area contributed by atoms with Gasteiger partial charge in [0, 0.05) is 0 Å². The van der Waals surface area contributed by atoms with Crippen LogP contribution in [-0.4, -0.2) is 3.21 Å². The van der Waals surface area contributed by atoms with Crippen LogP contribution in [0.5, 0.6) is 0 Å². The Labute approximate surface area is 239 Å². The fraction of sp³-hybridized carbons (Fsp3) is 0.364. The second-order valence-corrected chi connectivity index (χ2v) is 18.0. The minimum Gasteiger partial charge on any atom is -1.00 e. The number of rotatable bonds is 4. The minimum atomic E-state index is -2.50. The number of hydrogen-bond acceptors (Lipinski definition) is 0. The van der Waals surface area contributed by atoms with Crippen molar-refractivity contribution in [1.29, 1.82) is 0 Å². The average Bonchev–Trinajstić information content (AvgIpc) is 3.36. The van der Waals surface area contributed by atoms with Crippen LogP contribution in [0.15, 0.2) is 102 Å². The van der Waals surface area contributed by atoms with Gasteiger partial charge in [0.15, 0.2) is 0 Å². The SMILES string of the molecule is CC1=[C]([Zr+2]([C]2=CC(C(C)(C)C)=CC2C)=[C](c2ccccc2)c2ccccc2)CC(C(C)(C)C)=C1.[Cl-].[Cl-]. The molecule has 0 spiro atoms. The van der Waals surface area contributed by atoms with E-state index >= 15 is 0 Å². The van der Waals surface area contributed by atoms with Gasteiger partial charge in [-0.1, -0.05) is 0 Å². The zero-order valence-corrected chi connectivity index (χ0v) is 27.0. The Kier molecular flexibility index (Phi) is 10.4. The molecular weight excluding hydrogens is 558 g/mol. The molecule has 0 fully saturated rings. The van der Waals surface area contributed by atoms with E-state index in [-0.39, 0.29) is 35.6 Å². The summed E-state index contributed by atoms with van der Waals surface area (Å²) < 4.78 is 5.12. The van der Waals surface area contributed by atoms with Crippen molar-refractivity contribution in [3.8, 4) is 0 Å². The maximum Gasteiger partial charge on any atom is -1.00 e. The largest absolute Gasteiger partial charge is 1.00 e. The molecule has 3 heteroatoms. The molecule has 2 aromatic rings. The predicted octanol–water partition coefficient (Wildman–Crippen LogP) is 3.04. The molecule has 1 unspecified atom stereocenters. The van der Waals surface area contributed by atoms with Crippen LogP contribution >= 0.6 is 0 Å². The molecule has 0 radical (unpaired) electrons. The van der Waals surface area contributed by atoms with Gasteiger partial charge < -0.3 is 24.8 Å². The Morgan fingerprint density at radius 1 is 0.750 bits per heavy atom. The normalized spacial score (nSPS) is 17.3. The van der Waals surface area contributed by atoms with E-state index < -0.39 is 21.3 Å². The van der Waals surface area contributed by atoms with Gasteiger partial charge in [0.25, 0.3) is 0 Å². The van der Waals surface area contributed by atoms with E-state index in [4.69, 9.17) is 0 Å². The Morgan fingerprint density at radius 3 is 1.64 bits per heavy atom. The predicted molar refractivity (Wildman–Crippen MR) is 146 cm³/mol. The molecule has 190 valence electrons. The summed E-state index contributed by atoms with van der Waals surface area (Å²) in [5, 5.41) is 0. The van der Waals surface area contributed by atoms with Gasteiger partial charge in [-0.2, -0.15) is 0 Å². The molecule has 0 heterocycles. The zero-order valence-electron chi connectivity index (χ0n) is 23.0. The van der Waals surface area contributed by atoms with Crippen LogP contribution in [0.2, 0.25) is 0 Å². The van der Waals surface area contributed by atoms with Crippen molar-refractivity contribution in [2.75, 3.05) is 0 Å². The molecule has 2 aliphatic carbocycles. The summed E-state index contributed by atoms with van der Waals surface area (Å²) in [6, 6.07) is 22.5. The van der Waals surface area contributed by atoms with Crippen molar-refractivity contribution >= 4 is 3.21 Å². The minimum absolute atomic E-state index is 0. The van der Waals surface area contributed by atoms with Crippen LogP contribution in [0, 0.1) is 16.7 Å². The molecule has 1 atom stereocenters. The van der Waals surface area contributed by atoms with Crippen LogP contribution in [0.25, 0.3) is 0 Å². The maximum atomic E-state index is 2.61. The topological polar surface area (TPSA) is 0 Å². The van der Waals surface area contributed by atoms with Crippen molar-refractivity contribution in [1.82, 2.24) is 0 Å². The Bertz CT molecular complexity index is 1190. The summed E-state index contributed by atoms with van der Waals surface area (Å²) in [4.78, 5) is 0. The third-order valence-corrected chi connectivity index (χ3v) is 15.7. The van der Waals surface area contributed by atoms with Gasteiger partial charge in [0.2, 0.25) is 0 Å². The molecule has 0 N–H and O–H groups in total. The number of hydrogen-bond donors (Lipinski definition) is 0. The molecule has 0 saturated carbocycles. The molecule has 0 nitrogen and oxygen atoms in total. The van der Waals surface area contributed by atoms with Crippen molar-refractivity contribution in [2.45, 2.75) is 61.8 Å². The van der Waals surface area contributed by atoms with Gasteiger partial charge in [0.05, 0.1) is 0 Å². The van der Waals surface area contributed by atoms with Crippen molar-refractivity contribution < 1.29 is 46.1 Å². The second-order valence-electron chi connectivity index (χ2n) is 12.0. The molecule has 36 heavy (non-hydrogen) atoms. The standard InChI is InChI=1S/C13H10.2C10H15.2ClH.Zr/c1-3-7-12(8-4-1)11-13-9-5-2-6-10-13;2*1-8-5-6-9(7-8)10(2,3)4;;;/h1-10H;7H,6H2,1-4H3;6-8H,1-4H3;2*1H;/q;;;;;+2/p-2. The summed E-state index contributed by atoms with van der Waals surface area (Å²) in [5.41, 5.74) is 7.83. The summed E-state index contributed by atoms with van der Waals surface area (Å²) in [6.07, 6.45) is 8.82. The first kappa shape index (κ1) is 31.0. The van der Waals surface area contributed by atoms with Crippen LogP contribution in [0.3, 0.4) is 0 Å². The number of halogens is 2. The smallest absolute Gasteiger partial charge is 1.00 e. The molecule has 0 bridgehead atoms. The zero-order chi connectivity index (χ0) is 24.7. The Morgan fingerprint density at radius 2 is 1.25 bits per heavy atom. The third kappa shape index (κ3) is 6.59. The molecule has 0 amide bonds. The van der Waals surface area contributed by atoms with E-state index in [1.807, 2.05) is 0 Å². The van der Waals surface area contributed by atoms with Gasteiger partial charge in [-0.05, 0) is 0 Å². The number of allylic oxidation sites excluding steroid dienone is 8. The fourth-order valence-corrected chi connectivity index (χ4v) is 13.8. The van der Waals surface area contributed by atoms with Gasteiger partial charge in [-0.3, -0.25) is 0 Å². The number of benzene rings is 2. The first-order chi connectivity index (χ1) is 16.0. The quantitative estimate of drug-likeness (QED) is 0.508. The van der Waals surface area contributed by atoms with E-state index in [0.29, 0.717) is 5.92 Å². The van der Waals surface area contributed by atoms with Crippen LogP contribution in [0.1, 0.15) is 72.9 Å². The summed E-state index contributed by atoms with van der Waals surface area (Å²) in [7, 11) is 0. The van der Waals surface area contributed by atoms with Crippen molar-refractivity contribution in [3.05, 3.63) is 113 Å². The molecule has 4 rings (SSSR count). The van der Waals surface area contributed by atoms with Crippen molar-refractivity contribution in [3.63, 3.8) is 0 Å². The van der Waals surface area contributed by atoms with Gasteiger partial charge in [-0.25, -0.2) is 0 Å². The van der Waals surface area contributed by atoms with E-state index in [1.54, 1.807) is 15.3 Å². The van der Waals surface area contributed by atoms with E-state index in [9.17, 15) is 0 Å². The van der Waals surface area contributed by atoms with E-state index in [2.05, 4.69) is 134 Å². The summed E-state index contributed by atoms with van der Waals surface area (Å²) in [5.74, 6) is 0.505. The Balaban J connectivity index is 0.00000228. The summed E-state index contributed by atoms with van der Waals surface area (Å²) in [6.45, 7) is 19.0. The molecule has 2 aromatic carbocycles. The summed E-state index contributed by atoms with van der Waals surface area (Å²) >= 11 is -2.50. The van der Waals surface area contributed by atoms with E-state index in [0.717, 1.165) is 6.42 Å². The molecular formula is C33H40Cl2Zr. The molecule has 0 aromatic heterocycles. The second kappa shape index (κ2) is 12.1. The molecule has 0 aliphatic heterocycles. The Hall–Kier alpha value is -1.27. The third-order valence-electron chi connectivity index (χ3n) is 7.26. The van der Waals surface area contributed by atoms with Crippen LogP contribution in [-0.2, 0) is 21.3 Å². The van der Waals surface area contributed by atoms with Crippen LogP contribution < -0.4 is 24.8 Å².